The number of piperazine rings is 1. The predicted molar refractivity (Wildman–Crippen MR) is 153 cm³/mol. The van der Waals surface area contributed by atoms with E-state index < -0.39 is 24.4 Å². The van der Waals surface area contributed by atoms with E-state index >= 15 is 0 Å². The smallest absolute Gasteiger partial charge is 0.489 e. The van der Waals surface area contributed by atoms with Crippen molar-refractivity contribution in [2.75, 3.05) is 51.6 Å². The summed E-state index contributed by atoms with van der Waals surface area (Å²) in [6.07, 6.45) is -8.45. The van der Waals surface area contributed by atoms with Gasteiger partial charge in [-0.3, -0.25) is 14.7 Å². The van der Waals surface area contributed by atoms with Gasteiger partial charge in [-0.2, -0.15) is 0 Å². The minimum atomic E-state index is -4.93. The van der Waals surface area contributed by atoms with E-state index in [0.29, 0.717) is 38.0 Å². The fourth-order valence-electron chi connectivity index (χ4n) is 4.98. The molecule has 16 heteroatoms. The Labute approximate surface area is 255 Å². The maximum Gasteiger partial charge on any atom is 0.573 e. The van der Waals surface area contributed by atoms with Crippen molar-refractivity contribution in [3.63, 3.8) is 0 Å². The largest absolute Gasteiger partial charge is 0.573 e. The molecule has 1 aliphatic heterocycles. The number of anilines is 1. The molecule has 9 nitrogen and oxygen atoms in total. The van der Waals surface area contributed by atoms with E-state index in [1.54, 1.807) is 6.07 Å². The van der Waals surface area contributed by atoms with Crippen LogP contribution in [0.1, 0.15) is 29.6 Å². The van der Waals surface area contributed by atoms with Crippen LogP contribution in [0.5, 0.6) is 17.2 Å². The van der Waals surface area contributed by atoms with Gasteiger partial charge in [-0.15, -0.1) is 26.3 Å². The molecule has 1 aliphatic carbocycles. The summed E-state index contributed by atoms with van der Waals surface area (Å²) in [5, 5.41) is 5.93. The van der Waals surface area contributed by atoms with Crippen molar-refractivity contribution >= 4 is 29.4 Å². The van der Waals surface area contributed by atoms with Crippen molar-refractivity contribution in [1.82, 2.24) is 15.1 Å². The number of alkyl halides is 6. The first kappa shape index (κ1) is 33.5. The van der Waals surface area contributed by atoms with E-state index in [9.17, 15) is 31.1 Å². The molecule has 2 fully saturated rings. The molecule has 0 bridgehead atoms. The number of carbonyl (C=O) groups is 1. The molecule has 0 aromatic heterocycles. The first-order valence-corrected chi connectivity index (χ1v) is 14.4. The van der Waals surface area contributed by atoms with Crippen molar-refractivity contribution in [2.45, 2.75) is 44.1 Å². The summed E-state index contributed by atoms with van der Waals surface area (Å²) in [4.78, 5) is 20.6. The number of halogens is 6. The summed E-state index contributed by atoms with van der Waals surface area (Å²) in [7, 11) is 2.03. The normalized spacial score (nSPS) is 20.3. The average molecular weight is 651 g/mol. The third-order valence-electron chi connectivity index (χ3n) is 7.09. The Balaban J connectivity index is 1.37. The summed E-state index contributed by atoms with van der Waals surface area (Å²) in [5.41, 5.74) is 0.241. The fourth-order valence-corrected chi connectivity index (χ4v) is 5.29. The number of nitrogens with one attached hydrogen (secondary N) is 3. The quantitative estimate of drug-likeness (QED) is 0.136. The Hall–Kier alpha value is -3.37. The van der Waals surface area contributed by atoms with Gasteiger partial charge in [0.1, 0.15) is 29.0 Å². The molecule has 2 unspecified atom stereocenters. The molecule has 2 aromatic carbocycles. The monoisotopic (exact) mass is 650 g/mol. The van der Waals surface area contributed by atoms with Crippen LogP contribution in [0.3, 0.4) is 0 Å². The number of carbonyl (C=O) groups excluding carboxylic acids is 1. The molecule has 44 heavy (non-hydrogen) atoms. The highest BCUT2D eigenvalue weighted by Gasteiger charge is 2.33. The number of nitrogens with zero attached hydrogens (tertiary/aromatic N) is 2. The summed E-state index contributed by atoms with van der Waals surface area (Å²) in [5.74, 6) is -1.38. The Morgan fingerprint density at radius 3 is 2.34 bits per heavy atom. The van der Waals surface area contributed by atoms with Crippen molar-refractivity contribution in [3.05, 3.63) is 48.0 Å². The van der Waals surface area contributed by atoms with Crippen LogP contribution < -0.4 is 29.8 Å². The van der Waals surface area contributed by atoms with Crippen LogP contribution in [0.25, 0.3) is 0 Å². The number of amidine groups is 1. The number of thiol groups is 1. The molecule has 2 aliphatic rings. The number of ether oxygens (including phenoxy) is 3. The summed E-state index contributed by atoms with van der Waals surface area (Å²) in [6.45, 7) is 4.43. The van der Waals surface area contributed by atoms with Crippen LogP contribution in [-0.2, 0) is 0 Å². The zero-order valence-electron chi connectivity index (χ0n) is 23.8. The second kappa shape index (κ2) is 14.6. The molecule has 0 spiro atoms. The number of hydrogen-bond donors (Lipinski definition) is 4. The lowest BCUT2D eigenvalue weighted by Crippen LogP contribution is -2.79. The molecule has 1 amide bonds. The minimum Gasteiger partial charge on any atom is -0.489 e. The van der Waals surface area contributed by atoms with E-state index in [0.717, 1.165) is 38.3 Å². The van der Waals surface area contributed by atoms with Gasteiger partial charge in [0.25, 0.3) is 5.91 Å². The molecular formula is C28H34F6N5O4S+. The van der Waals surface area contributed by atoms with Gasteiger partial charge in [-0.1, -0.05) is 18.7 Å². The van der Waals surface area contributed by atoms with Gasteiger partial charge in [0.2, 0.25) is 0 Å². The maximum absolute atomic E-state index is 13.1. The molecular weight excluding hydrogens is 616 g/mol. The highest BCUT2D eigenvalue weighted by atomic mass is 32.1. The lowest BCUT2D eigenvalue weighted by molar-refractivity contribution is -0.498. The van der Waals surface area contributed by atoms with Crippen LogP contribution in [0, 0.1) is 0 Å². The fraction of sp³-hybridized carbons (Fsp3) is 0.500. The lowest BCUT2D eigenvalue weighted by Gasteiger charge is -2.32. The molecule has 0 radical (unpaired) electrons. The second-order valence-corrected chi connectivity index (χ2v) is 11.0. The first-order chi connectivity index (χ1) is 20.7. The maximum atomic E-state index is 13.1. The molecule has 1 saturated carbocycles. The Morgan fingerprint density at radius 1 is 0.977 bits per heavy atom. The van der Waals surface area contributed by atoms with E-state index in [1.165, 1.54) is 24.3 Å². The zero-order chi connectivity index (χ0) is 31.9. The molecule has 3 N–H and O–H groups in total. The van der Waals surface area contributed by atoms with Gasteiger partial charge < -0.3 is 24.4 Å². The number of hydrogen-bond acceptors (Lipinski definition) is 6. The molecule has 1 heterocycles. The van der Waals surface area contributed by atoms with Crippen LogP contribution in [0.2, 0.25) is 0 Å². The van der Waals surface area contributed by atoms with Gasteiger partial charge in [0.05, 0.1) is 11.6 Å². The predicted octanol–water partition coefficient (Wildman–Crippen LogP) is 3.24. The van der Waals surface area contributed by atoms with Gasteiger partial charge in [0.15, 0.2) is 0 Å². The Morgan fingerprint density at radius 2 is 1.66 bits per heavy atom. The van der Waals surface area contributed by atoms with Gasteiger partial charge in [-0.25, -0.2) is 5.32 Å². The zero-order valence-corrected chi connectivity index (χ0v) is 24.7. The molecule has 1 saturated heterocycles. The van der Waals surface area contributed by atoms with Gasteiger partial charge >= 0.3 is 17.9 Å². The van der Waals surface area contributed by atoms with Crippen LogP contribution in [-0.4, -0.2) is 92.1 Å². The third kappa shape index (κ3) is 11.0. The number of likely N-dealkylation sites (N-methyl/N-ethyl adjacent to an activating group) is 1. The Bertz CT molecular complexity index is 1300. The average Bonchev–Trinajstić information content (AvgIpc) is 3.35. The van der Waals surface area contributed by atoms with Crippen molar-refractivity contribution in [2.24, 2.45) is 0 Å². The molecule has 2 aromatic rings. The van der Waals surface area contributed by atoms with Crippen molar-refractivity contribution < 1.29 is 50.3 Å². The van der Waals surface area contributed by atoms with E-state index in [2.05, 4.69) is 47.5 Å². The molecule has 4 rings (SSSR count). The SMILES string of the molecule is CN1CCN(CCNC(=O)c2cc(OC(F)(F)F)ccc2OC2CCC([NH+]=C(S)Nc3cccc(OC(F)(F)F)c3)C2)CC1. The number of rotatable bonds is 10. The van der Waals surface area contributed by atoms with Crippen LogP contribution >= 0.6 is 12.6 Å². The van der Waals surface area contributed by atoms with Crippen molar-refractivity contribution in [3.8, 4) is 17.2 Å². The highest BCUT2D eigenvalue weighted by molar-refractivity contribution is 7.96. The second-order valence-electron chi connectivity index (χ2n) is 10.6. The van der Waals surface area contributed by atoms with Gasteiger partial charge in [-0.05, 0) is 50.2 Å². The van der Waals surface area contributed by atoms with Crippen LogP contribution in [0.4, 0.5) is 32.0 Å². The molecule has 242 valence electrons. The van der Waals surface area contributed by atoms with E-state index in [1.807, 2.05) is 7.05 Å². The summed E-state index contributed by atoms with van der Waals surface area (Å²) < 4.78 is 90.2. The number of benzene rings is 2. The van der Waals surface area contributed by atoms with E-state index in [-0.39, 0.29) is 34.4 Å². The standard InChI is InChI=1S/C28H33F6N5O4S/c1-38-11-13-39(14-12-38)10-9-35-25(40)23-17-22(43-28(32,33)34)7-8-24(23)41-20-6-5-19(15-20)37-26(44)36-18-3-2-4-21(16-18)42-27(29,30)31/h2-4,7-8,16-17,19-20H,5-6,9-15H2,1H3,(H,35,40)(H2,36,37,44)/p+1. The molecule has 2 atom stereocenters. The lowest BCUT2D eigenvalue weighted by atomic mass is 10.1. The van der Waals surface area contributed by atoms with Crippen LogP contribution in [0.15, 0.2) is 42.5 Å². The summed E-state index contributed by atoms with van der Waals surface area (Å²) >= 11 is 4.36. The Kier molecular flexibility index (Phi) is 11.1. The third-order valence-corrected chi connectivity index (χ3v) is 7.33. The van der Waals surface area contributed by atoms with E-state index in [4.69, 9.17) is 4.74 Å². The topological polar surface area (TPSA) is 89.3 Å². The number of amides is 1. The highest BCUT2D eigenvalue weighted by Crippen LogP contribution is 2.31. The first-order valence-electron chi connectivity index (χ1n) is 13.9. The minimum absolute atomic E-state index is 0.0781. The summed E-state index contributed by atoms with van der Waals surface area (Å²) in [6, 6.07) is 8.55. The van der Waals surface area contributed by atoms with Gasteiger partial charge in [0, 0.05) is 51.8 Å². The van der Waals surface area contributed by atoms with Crippen molar-refractivity contribution in [1.29, 1.82) is 0 Å².